The van der Waals surface area contributed by atoms with Gasteiger partial charge >= 0.3 is 0 Å². The SMILES string of the molecule is CC(C)N1C(=O)c2ccc(C(=O)NCCN)cc2S1(=O)=O.Cl. The van der Waals surface area contributed by atoms with Gasteiger partial charge in [-0.2, -0.15) is 0 Å². The number of rotatable bonds is 4. The Hall–Kier alpha value is -1.64. The normalized spacial score (nSPS) is 15.5. The molecule has 1 aliphatic heterocycles. The Morgan fingerprint density at radius 1 is 1.36 bits per heavy atom. The van der Waals surface area contributed by atoms with Crippen LogP contribution in [0.25, 0.3) is 0 Å². The highest BCUT2D eigenvalue weighted by Gasteiger charge is 2.42. The van der Waals surface area contributed by atoms with E-state index in [1.54, 1.807) is 13.8 Å². The molecule has 0 aliphatic carbocycles. The van der Waals surface area contributed by atoms with Crippen molar-refractivity contribution in [1.82, 2.24) is 9.62 Å². The van der Waals surface area contributed by atoms with Crippen LogP contribution in [0.3, 0.4) is 0 Å². The van der Waals surface area contributed by atoms with Gasteiger partial charge in [0.05, 0.1) is 5.56 Å². The molecule has 2 amide bonds. The third kappa shape index (κ3) is 2.94. The lowest BCUT2D eigenvalue weighted by molar-refractivity contribution is 0.0845. The average Bonchev–Trinajstić information content (AvgIpc) is 2.62. The molecule has 0 spiro atoms. The number of carbonyl (C=O) groups is 2. The maximum absolute atomic E-state index is 12.4. The standard InChI is InChI=1S/C13H17N3O4S.ClH/c1-8(2)16-13(18)10-4-3-9(12(17)15-6-5-14)7-11(10)21(16,19)20;/h3-4,7-8H,5-6,14H2,1-2H3,(H,15,17);1H. The zero-order valence-electron chi connectivity index (χ0n) is 12.2. The van der Waals surface area contributed by atoms with Crippen molar-refractivity contribution < 1.29 is 18.0 Å². The van der Waals surface area contributed by atoms with Crippen LogP contribution in [-0.4, -0.2) is 43.7 Å². The molecule has 22 heavy (non-hydrogen) atoms. The number of nitrogens with one attached hydrogen (secondary N) is 1. The van der Waals surface area contributed by atoms with E-state index in [4.69, 9.17) is 5.73 Å². The van der Waals surface area contributed by atoms with Crippen molar-refractivity contribution in [3.05, 3.63) is 29.3 Å². The molecule has 0 saturated heterocycles. The molecule has 1 aromatic carbocycles. The number of benzene rings is 1. The second kappa shape index (κ2) is 6.64. The Morgan fingerprint density at radius 3 is 2.55 bits per heavy atom. The van der Waals surface area contributed by atoms with Gasteiger partial charge in [0.15, 0.2) is 0 Å². The number of fused-ring (bicyclic) bond motifs is 1. The van der Waals surface area contributed by atoms with E-state index in [1.807, 2.05) is 0 Å². The van der Waals surface area contributed by atoms with Gasteiger partial charge in [-0.25, -0.2) is 12.7 Å². The monoisotopic (exact) mass is 347 g/mol. The molecule has 3 N–H and O–H groups in total. The number of sulfonamides is 1. The van der Waals surface area contributed by atoms with Crippen LogP contribution in [0.4, 0.5) is 0 Å². The molecule has 9 heteroatoms. The summed E-state index contributed by atoms with van der Waals surface area (Å²) < 4.78 is 25.6. The Kier molecular flexibility index (Phi) is 5.55. The molecule has 2 rings (SSSR count). The fraction of sp³-hybridized carbons (Fsp3) is 0.385. The first-order chi connectivity index (χ1) is 9.80. The quantitative estimate of drug-likeness (QED) is 0.816. The number of nitrogens with two attached hydrogens (primary N) is 1. The van der Waals surface area contributed by atoms with Crippen LogP contribution in [0.2, 0.25) is 0 Å². The average molecular weight is 348 g/mol. The second-order valence-electron chi connectivity index (χ2n) is 4.96. The molecule has 0 aromatic heterocycles. The van der Waals surface area contributed by atoms with Crippen molar-refractivity contribution >= 4 is 34.2 Å². The third-order valence-corrected chi connectivity index (χ3v) is 5.11. The van der Waals surface area contributed by atoms with E-state index in [-0.39, 0.29) is 35.0 Å². The highest BCUT2D eigenvalue weighted by Crippen LogP contribution is 2.32. The van der Waals surface area contributed by atoms with E-state index >= 15 is 0 Å². The van der Waals surface area contributed by atoms with Gasteiger partial charge in [0.25, 0.3) is 21.8 Å². The number of nitrogens with zero attached hydrogens (tertiary/aromatic N) is 1. The third-order valence-electron chi connectivity index (χ3n) is 3.11. The van der Waals surface area contributed by atoms with Gasteiger partial charge in [0.2, 0.25) is 0 Å². The van der Waals surface area contributed by atoms with Gasteiger partial charge in [0.1, 0.15) is 4.90 Å². The summed E-state index contributed by atoms with van der Waals surface area (Å²) in [5.74, 6) is -0.984. The van der Waals surface area contributed by atoms with E-state index in [0.717, 1.165) is 4.31 Å². The summed E-state index contributed by atoms with van der Waals surface area (Å²) in [7, 11) is -3.89. The summed E-state index contributed by atoms with van der Waals surface area (Å²) >= 11 is 0. The molecular weight excluding hydrogens is 330 g/mol. The first-order valence-corrected chi connectivity index (χ1v) is 7.95. The van der Waals surface area contributed by atoms with Crippen LogP contribution in [0.5, 0.6) is 0 Å². The number of hydrogen-bond acceptors (Lipinski definition) is 5. The number of hydrogen-bond donors (Lipinski definition) is 2. The van der Waals surface area contributed by atoms with Crippen LogP contribution < -0.4 is 11.1 Å². The highest BCUT2D eigenvalue weighted by molar-refractivity contribution is 7.90. The summed E-state index contributed by atoms with van der Waals surface area (Å²) in [6.45, 7) is 3.82. The minimum Gasteiger partial charge on any atom is -0.351 e. The molecule has 122 valence electrons. The molecule has 0 unspecified atom stereocenters. The first-order valence-electron chi connectivity index (χ1n) is 6.51. The van der Waals surface area contributed by atoms with Crippen molar-refractivity contribution in [3.8, 4) is 0 Å². The molecule has 0 saturated carbocycles. The van der Waals surface area contributed by atoms with E-state index in [2.05, 4.69) is 5.32 Å². The smallest absolute Gasteiger partial charge is 0.269 e. The predicted molar refractivity (Wildman–Crippen MR) is 83.6 cm³/mol. The lowest BCUT2D eigenvalue weighted by atomic mass is 10.1. The largest absolute Gasteiger partial charge is 0.351 e. The van der Waals surface area contributed by atoms with E-state index in [0.29, 0.717) is 6.54 Å². The zero-order chi connectivity index (χ0) is 15.8. The van der Waals surface area contributed by atoms with Crippen molar-refractivity contribution in [2.24, 2.45) is 5.73 Å². The number of amides is 2. The van der Waals surface area contributed by atoms with Crippen molar-refractivity contribution in [1.29, 1.82) is 0 Å². The Bertz CT molecular complexity index is 703. The van der Waals surface area contributed by atoms with Crippen molar-refractivity contribution in [3.63, 3.8) is 0 Å². The predicted octanol–water partition coefficient (Wildman–Crippen LogP) is 0.350. The number of halogens is 1. The van der Waals surface area contributed by atoms with Gasteiger partial charge in [-0.1, -0.05) is 0 Å². The molecule has 1 heterocycles. The summed E-state index contributed by atoms with van der Waals surface area (Å²) in [4.78, 5) is 23.9. The Morgan fingerprint density at radius 2 is 2.00 bits per heavy atom. The van der Waals surface area contributed by atoms with Gasteiger partial charge in [-0.05, 0) is 32.0 Å². The van der Waals surface area contributed by atoms with E-state index in [1.165, 1.54) is 18.2 Å². The Balaban J connectivity index is 0.00000242. The summed E-state index contributed by atoms with van der Waals surface area (Å²) in [6, 6.07) is 3.55. The minimum absolute atomic E-state index is 0. The molecule has 1 aromatic rings. The highest BCUT2D eigenvalue weighted by atomic mass is 35.5. The van der Waals surface area contributed by atoms with Gasteiger partial charge < -0.3 is 11.1 Å². The van der Waals surface area contributed by atoms with Crippen LogP contribution in [0, 0.1) is 0 Å². The summed E-state index contributed by atoms with van der Waals surface area (Å²) in [5.41, 5.74) is 5.58. The van der Waals surface area contributed by atoms with Crippen LogP contribution in [0.1, 0.15) is 34.6 Å². The fourth-order valence-electron chi connectivity index (χ4n) is 2.19. The Labute approximate surface area is 135 Å². The minimum atomic E-state index is -3.89. The molecule has 0 atom stereocenters. The summed E-state index contributed by atoms with van der Waals surface area (Å²) in [5, 5.41) is 2.56. The molecule has 0 fully saturated rings. The molecule has 1 aliphatic rings. The molecular formula is C13H18ClN3O4S. The lowest BCUT2D eigenvalue weighted by Crippen LogP contribution is -2.36. The van der Waals surface area contributed by atoms with Gasteiger partial charge in [0, 0.05) is 24.7 Å². The topological polar surface area (TPSA) is 110 Å². The van der Waals surface area contributed by atoms with Gasteiger partial charge in [-0.3, -0.25) is 9.59 Å². The first kappa shape index (κ1) is 18.4. The van der Waals surface area contributed by atoms with E-state index < -0.39 is 27.9 Å². The van der Waals surface area contributed by atoms with Crippen LogP contribution in [0.15, 0.2) is 23.1 Å². The fourth-order valence-corrected chi connectivity index (χ4v) is 3.98. The van der Waals surface area contributed by atoms with Gasteiger partial charge in [-0.15, -0.1) is 12.4 Å². The lowest BCUT2D eigenvalue weighted by Gasteiger charge is -2.18. The van der Waals surface area contributed by atoms with Crippen molar-refractivity contribution in [2.75, 3.05) is 13.1 Å². The van der Waals surface area contributed by atoms with E-state index in [9.17, 15) is 18.0 Å². The summed E-state index contributed by atoms with van der Waals surface area (Å²) in [6.07, 6.45) is 0. The molecule has 0 radical (unpaired) electrons. The second-order valence-corrected chi connectivity index (χ2v) is 6.74. The maximum atomic E-state index is 12.4. The van der Waals surface area contributed by atoms with Crippen molar-refractivity contribution in [2.45, 2.75) is 24.8 Å². The zero-order valence-corrected chi connectivity index (χ0v) is 13.8. The number of carbonyl (C=O) groups excluding carboxylic acids is 2. The molecule has 7 nitrogen and oxygen atoms in total. The molecule has 0 bridgehead atoms. The maximum Gasteiger partial charge on any atom is 0.269 e. The van der Waals surface area contributed by atoms with Crippen LogP contribution in [-0.2, 0) is 10.0 Å². The van der Waals surface area contributed by atoms with Crippen LogP contribution >= 0.6 is 12.4 Å².